The van der Waals surface area contributed by atoms with Crippen molar-refractivity contribution in [3.8, 4) is 11.3 Å². The molecule has 150 valence electrons. The highest BCUT2D eigenvalue weighted by atomic mass is 35.5. The van der Waals surface area contributed by atoms with Crippen LogP contribution in [0.2, 0.25) is 5.02 Å². The maximum absolute atomic E-state index is 12.7. The number of nitrogens with one attached hydrogen (secondary N) is 2. The molecule has 0 spiro atoms. The Labute approximate surface area is 175 Å². The van der Waals surface area contributed by atoms with E-state index in [9.17, 15) is 4.79 Å². The summed E-state index contributed by atoms with van der Waals surface area (Å²) in [6.45, 7) is 4.03. The Morgan fingerprint density at radius 1 is 1.07 bits per heavy atom. The van der Waals surface area contributed by atoms with Gasteiger partial charge in [0.15, 0.2) is 0 Å². The topological polar surface area (TPSA) is 64.3 Å². The second-order valence-electron chi connectivity index (χ2n) is 7.29. The van der Waals surface area contributed by atoms with Gasteiger partial charge in [-0.25, -0.2) is 0 Å². The lowest BCUT2D eigenvalue weighted by molar-refractivity contribution is 0.0664. The summed E-state index contributed by atoms with van der Waals surface area (Å²) >= 11 is 5.98. The van der Waals surface area contributed by atoms with Crippen LogP contribution in [0.3, 0.4) is 0 Å². The number of carbonyl (C=O) groups is 1. The highest BCUT2D eigenvalue weighted by molar-refractivity contribution is 6.30. The molecule has 0 bridgehead atoms. The largest absolute Gasteiger partial charge is 0.381 e. The van der Waals surface area contributed by atoms with Crippen molar-refractivity contribution in [1.82, 2.24) is 20.0 Å². The number of hydrogen-bond donors (Lipinski definition) is 2. The van der Waals surface area contributed by atoms with E-state index in [1.165, 1.54) is 0 Å². The summed E-state index contributed by atoms with van der Waals surface area (Å²) in [5, 5.41) is 11.4. The number of piperazine rings is 1. The molecular weight excluding hydrogens is 386 g/mol. The van der Waals surface area contributed by atoms with Gasteiger partial charge >= 0.3 is 0 Å². The van der Waals surface area contributed by atoms with Gasteiger partial charge in [-0.1, -0.05) is 23.7 Å². The van der Waals surface area contributed by atoms with Crippen molar-refractivity contribution in [3.63, 3.8) is 0 Å². The first-order valence-corrected chi connectivity index (χ1v) is 10.1. The lowest BCUT2D eigenvalue weighted by atomic mass is 10.1. The quantitative estimate of drug-likeness (QED) is 0.674. The number of aromatic nitrogens is 2. The van der Waals surface area contributed by atoms with E-state index in [-0.39, 0.29) is 5.91 Å². The van der Waals surface area contributed by atoms with Crippen molar-refractivity contribution < 1.29 is 4.79 Å². The Hall–Kier alpha value is -2.83. The van der Waals surface area contributed by atoms with Crippen LogP contribution in [-0.4, -0.2) is 59.1 Å². The van der Waals surface area contributed by atoms with E-state index in [4.69, 9.17) is 11.6 Å². The van der Waals surface area contributed by atoms with Crippen LogP contribution in [0, 0.1) is 0 Å². The molecule has 3 aromatic rings. The first kappa shape index (κ1) is 19.5. The zero-order chi connectivity index (χ0) is 20.2. The average Bonchev–Trinajstić information content (AvgIpc) is 3.22. The maximum atomic E-state index is 12.7. The fourth-order valence-corrected chi connectivity index (χ4v) is 3.55. The zero-order valence-electron chi connectivity index (χ0n) is 16.4. The van der Waals surface area contributed by atoms with Crippen molar-refractivity contribution >= 4 is 23.2 Å². The first-order valence-electron chi connectivity index (χ1n) is 9.70. The smallest absolute Gasteiger partial charge is 0.253 e. The minimum absolute atomic E-state index is 0.101. The van der Waals surface area contributed by atoms with Crippen LogP contribution < -0.4 is 5.32 Å². The Bertz CT molecular complexity index is 960. The molecule has 29 heavy (non-hydrogen) atoms. The van der Waals surface area contributed by atoms with E-state index in [2.05, 4.69) is 27.5 Å². The molecule has 0 unspecified atom stereocenters. The number of carbonyl (C=O) groups excluding carboxylic acids is 1. The van der Waals surface area contributed by atoms with Gasteiger partial charge in [-0.2, -0.15) is 5.10 Å². The van der Waals surface area contributed by atoms with Gasteiger partial charge in [0.05, 0.1) is 5.69 Å². The molecule has 1 aliphatic rings. The predicted molar refractivity (Wildman–Crippen MR) is 116 cm³/mol. The Morgan fingerprint density at radius 2 is 1.76 bits per heavy atom. The number of halogens is 1. The van der Waals surface area contributed by atoms with Crippen LogP contribution in [-0.2, 0) is 6.54 Å². The van der Waals surface area contributed by atoms with Crippen LogP contribution in [0.4, 0.5) is 5.69 Å². The van der Waals surface area contributed by atoms with Gasteiger partial charge in [-0.3, -0.25) is 9.89 Å². The summed E-state index contributed by atoms with van der Waals surface area (Å²) in [5.41, 5.74) is 4.66. The highest BCUT2D eigenvalue weighted by Gasteiger charge is 2.20. The molecule has 4 rings (SSSR count). The maximum Gasteiger partial charge on any atom is 0.253 e. The van der Waals surface area contributed by atoms with E-state index in [0.29, 0.717) is 11.6 Å². The molecule has 1 aromatic heterocycles. The monoisotopic (exact) mass is 409 g/mol. The molecule has 2 aromatic carbocycles. The molecule has 0 aliphatic carbocycles. The standard InChI is InChI=1S/C22H24ClN5O/c1-27-10-12-28(13-11-27)22(29)17-4-8-20(9-5-17)24-14-18-15-25-26-21(18)16-2-6-19(23)7-3-16/h2-9,15,24H,10-14H2,1H3,(H,25,26). The van der Waals surface area contributed by atoms with Gasteiger partial charge in [0.25, 0.3) is 5.91 Å². The molecule has 1 saturated heterocycles. The third kappa shape index (κ3) is 4.60. The normalized spacial score (nSPS) is 14.8. The van der Waals surface area contributed by atoms with Gasteiger partial charge in [-0.15, -0.1) is 0 Å². The van der Waals surface area contributed by atoms with E-state index in [1.54, 1.807) is 0 Å². The molecule has 2 N–H and O–H groups in total. The van der Waals surface area contributed by atoms with Crippen molar-refractivity contribution in [3.05, 3.63) is 70.9 Å². The summed E-state index contributed by atoms with van der Waals surface area (Å²) in [6.07, 6.45) is 1.89. The minimum atomic E-state index is 0.101. The summed E-state index contributed by atoms with van der Waals surface area (Å²) in [5.74, 6) is 0.101. The van der Waals surface area contributed by atoms with Crippen LogP contribution >= 0.6 is 11.6 Å². The molecule has 1 aliphatic heterocycles. The number of hydrogen-bond acceptors (Lipinski definition) is 4. The third-order valence-corrected chi connectivity index (χ3v) is 5.49. The first-order chi connectivity index (χ1) is 14.1. The number of rotatable bonds is 5. The molecule has 0 saturated carbocycles. The van der Waals surface area contributed by atoms with E-state index < -0.39 is 0 Å². The molecule has 0 radical (unpaired) electrons. The molecule has 1 amide bonds. The third-order valence-electron chi connectivity index (χ3n) is 5.24. The molecule has 1 fully saturated rings. The average molecular weight is 410 g/mol. The summed E-state index contributed by atoms with van der Waals surface area (Å²) in [7, 11) is 2.08. The van der Waals surface area contributed by atoms with E-state index >= 15 is 0 Å². The van der Waals surface area contributed by atoms with E-state index in [0.717, 1.165) is 54.3 Å². The zero-order valence-corrected chi connectivity index (χ0v) is 17.1. The fraction of sp³-hybridized carbons (Fsp3) is 0.273. The van der Waals surface area contributed by atoms with Crippen LogP contribution in [0.1, 0.15) is 15.9 Å². The summed E-state index contributed by atoms with van der Waals surface area (Å²) in [6, 6.07) is 15.3. The van der Waals surface area contributed by atoms with Crippen LogP contribution in [0.15, 0.2) is 54.7 Å². The Morgan fingerprint density at radius 3 is 2.45 bits per heavy atom. The second kappa shape index (κ2) is 8.68. The molecular formula is C22H24ClN5O. The molecule has 0 atom stereocenters. The van der Waals surface area contributed by atoms with Crippen molar-refractivity contribution in [2.24, 2.45) is 0 Å². The SMILES string of the molecule is CN1CCN(C(=O)c2ccc(NCc3c[nH]nc3-c3ccc(Cl)cc3)cc2)CC1. The highest BCUT2D eigenvalue weighted by Crippen LogP contribution is 2.24. The lowest BCUT2D eigenvalue weighted by Gasteiger charge is -2.32. The molecule has 6 nitrogen and oxygen atoms in total. The summed E-state index contributed by atoms with van der Waals surface area (Å²) in [4.78, 5) is 16.8. The van der Waals surface area contributed by atoms with Gasteiger partial charge in [0, 0.05) is 66.3 Å². The number of H-pyrrole nitrogens is 1. The lowest BCUT2D eigenvalue weighted by Crippen LogP contribution is -2.47. The number of aromatic amines is 1. The van der Waals surface area contributed by atoms with Crippen molar-refractivity contribution in [2.45, 2.75) is 6.54 Å². The van der Waals surface area contributed by atoms with E-state index in [1.807, 2.05) is 59.6 Å². The second-order valence-corrected chi connectivity index (χ2v) is 7.73. The minimum Gasteiger partial charge on any atom is -0.381 e. The Balaban J connectivity index is 1.38. The number of nitrogens with zero attached hydrogens (tertiary/aromatic N) is 3. The van der Waals surface area contributed by atoms with Crippen molar-refractivity contribution in [1.29, 1.82) is 0 Å². The van der Waals surface area contributed by atoms with Crippen LogP contribution in [0.5, 0.6) is 0 Å². The van der Waals surface area contributed by atoms with Crippen LogP contribution in [0.25, 0.3) is 11.3 Å². The number of amides is 1. The number of likely N-dealkylation sites (N-methyl/N-ethyl adjacent to an activating group) is 1. The van der Waals surface area contributed by atoms with Gasteiger partial charge in [-0.05, 0) is 43.4 Å². The summed E-state index contributed by atoms with van der Waals surface area (Å²) < 4.78 is 0. The predicted octanol–water partition coefficient (Wildman–Crippen LogP) is 3.73. The molecule has 2 heterocycles. The Kier molecular flexibility index (Phi) is 5.83. The fourth-order valence-electron chi connectivity index (χ4n) is 3.43. The van der Waals surface area contributed by atoms with Gasteiger partial charge in [0.1, 0.15) is 0 Å². The number of benzene rings is 2. The number of anilines is 1. The van der Waals surface area contributed by atoms with Gasteiger partial charge in [0.2, 0.25) is 0 Å². The van der Waals surface area contributed by atoms with Gasteiger partial charge < -0.3 is 15.1 Å². The molecule has 7 heteroatoms. The van der Waals surface area contributed by atoms with Crippen molar-refractivity contribution in [2.75, 3.05) is 38.5 Å².